The molecule has 0 aliphatic rings. The molecule has 2 rings (SSSR count). The number of nitrogens with two attached hydrogens (primary N) is 1. The van der Waals surface area contributed by atoms with Gasteiger partial charge in [-0.3, -0.25) is 4.90 Å². The highest BCUT2D eigenvalue weighted by Crippen LogP contribution is 2.19. The van der Waals surface area contributed by atoms with Gasteiger partial charge in [-0.2, -0.15) is 5.26 Å². The van der Waals surface area contributed by atoms with E-state index in [1.807, 2.05) is 12.1 Å². The maximum absolute atomic E-state index is 8.59. The summed E-state index contributed by atoms with van der Waals surface area (Å²) in [5.41, 5.74) is 7.89. The first-order valence-electron chi connectivity index (χ1n) is 5.97. The standard InChI is InChI=1S/C13H16N4O/c1-2-17(7-3-6-14)9-13-16-11-5-4-10(15)8-12(11)18-13/h4-5,8H,2-3,7,9,15H2,1H3. The van der Waals surface area contributed by atoms with Crippen molar-refractivity contribution in [2.24, 2.45) is 0 Å². The number of nitrogen functional groups attached to an aromatic ring is 1. The summed E-state index contributed by atoms with van der Waals surface area (Å²) in [5.74, 6) is 0.662. The van der Waals surface area contributed by atoms with Gasteiger partial charge in [0.05, 0.1) is 12.6 Å². The summed E-state index contributed by atoms with van der Waals surface area (Å²) in [5, 5.41) is 8.59. The SMILES string of the molecule is CCN(CCC#N)Cc1nc2ccc(N)cc2o1. The van der Waals surface area contributed by atoms with E-state index in [4.69, 9.17) is 15.4 Å². The summed E-state index contributed by atoms with van der Waals surface area (Å²) >= 11 is 0. The Morgan fingerprint density at radius 3 is 3.06 bits per heavy atom. The molecule has 0 saturated heterocycles. The van der Waals surface area contributed by atoms with E-state index in [2.05, 4.69) is 22.9 Å². The van der Waals surface area contributed by atoms with Crippen LogP contribution < -0.4 is 5.73 Å². The van der Waals surface area contributed by atoms with Gasteiger partial charge in [0.15, 0.2) is 5.58 Å². The Labute approximate surface area is 106 Å². The second-order valence-corrected chi connectivity index (χ2v) is 4.11. The highest BCUT2D eigenvalue weighted by atomic mass is 16.3. The van der Waals surface area contributed by atoms with Crippen molar-refractivity contribution in [3.8, 4) is 6.07 Å². The lowest BCUT2D eigenvalue weighted by atomic mass is 10.3. The van der Waals surface area contributed by atoms with E-state index in [-0.39, 0.29) is 0 Å². The van der Waals surface area contributed by atoms with Gasteiger partial charge in [0.1, 0.15) is 5.52 Å². The smallest absolute Gasteiger partial charge is 0.209 e. The number of anilines is 1. The zero-order valence-corrected chi connectivity index (χ0v) is 10.4. The molecular weight excluding hydrogens is 228 g/mol. The monoisotopic (exact) mass is 244 g/mol. The zero-order valence-electron chi connectivity index (χ0n) is 10.4. The lowest BCUT2D eigenvalue weighted by Crippen LogP contribution is -2.23. The molecule has 5 nitrogen and oxygen atoms in total. The fourth-order valence-electron chi connectivity index (χ4n) is 1.80. The molecule has 2 aromatic rings. The van der Waals surface area contributed by atoms with E-state index in [0.29, 0.717) is 30.1 Å². The van der Waals surface area contributed by atoms with Gasteiger partial charge in [-0.25, -0.2) is 4.98 Å². The van der Waals surface area contributed by atoms with Crippen molar-refractivity contribution in [3.05, 3.63) is 24.1 Å². The molecule has 0 unspecified atom stereocenters. The van der Waals surface area contributed by atoms with Crippen molar-refractivity contribution in [1.29, 1.82) is 5.26 Å². The first-order valence-corrected chi connectivity index (χ1v) is 5.97. The van der Waals surface area contributed by atoms with E-state index < -0.39 is 0 Å². The number of fused-ring (bicyclic) bond motifs is 1. The van der Waals surface area contributed by atoms with Crippen LogP contribution in [0.25, 0.3) is 11.1 Å². The molecule has 2 N–H and O–H groups in total. The second-order valence-electron chi connectivity index (χ2n) is 4.11. The quantitative estimate of drug-likeness (QED) is 0.815. The predicted octanol–water partition coefficient (Wildman–Crippen LogP) is 2.15. The average molecular weight is 244 g/mol. The van der Waals surface area contributed by atoms with Crippen LogP contribution in [-0.4, -0.2) is 23.0 Å². The molecule has 1 heterocycles. The molecule has 0 fully saturated rings. The lowest BCUT2D eigenvalue weighted by Gasteiger charge is -2.16. The molecule has 0 amide bonds. The molecule has 0 saturated carbocycles. The number of aromatic nitrogens is 1. The minimum absolute atomic E-state index is 0.515. The minimum atomic E-state index is 0.515. The maximum Gasteiger partial charge on any atom is 0.209 e. The van der Waals surface area contributed by atoms with E-state index >= 15 is 0 Å². The topological polar surface area (TPSA) is 79.1 Å². The lowest BCUT2D eigenvalue weighted by molar-refractivity contribution is 0.259. The van der Waals surface area contributed by atoms with Gasteiger partial charge in [-0.05, 0) is 18.7 Å². The first kappa shape index (κ1) is 12.4. The largest absolute Gasteiger partial charge is 0.439 e. The van der Waals surface area contributed by atoms with Gasteiger partial charge < -0.3 is 10.2 Å². The molecule has 1 aromatic carbocycles. The van der Waals surface area contributed by atoms with Crippen molar-refractivity contribution < 1.29 is 4.42 Å². The summed E-state index contributed by atoms with van der Waals surface area (Å²) in [6.45, 7) is 4.27. The third kappa shape index (κ3) is 2.79. The highest BCUT2D eigenvalue weighted by Gasteiger charge is 2.10. The Kier molecular flexibility index (Phi) is 3.80. The zero-order chi connectivity index (χ0) is 13.0. The van der Waals surface area contributed by atoms with Crippen LogP contribution in [-0.2, 0) is 6.54 Å². The van der Waals surface area contributed by atoms with Crippen LogP contribution in [0.5, 0.6) is 0 Å². The number of benzene rings is 1. The Morgan fingerprint density at radius 2 is 2.33 bits per heavy atom. The molecule has 5 heteroatoms. The van der Waals surface area contributed by atoms with Crippen molar-refractivity contribution in [1.82, 2.24) is 9.88 Å². The van der Waals surface area contributed by atoms with Crippen molar-refractivity contribution in [3.63, 3.8) is 0 Å². The van der Waals surface area contributed by atoms with Crippen molar-refractivity contribution >= 4 is 16.8 Å². The third-order valence-corrected chi connectivity index (χ3v) is 2.80. The number of rotatable bonds is 5. The molecule has 0 aliphatic heterocycles. The molecule has 0 aliphatic carbocycles. The van der Waals surface area contributed by atoms with E-state index in [9.17, 15) is 0 Å². The van der Waals surface area contributed by atoms with Crippen LogP contribution in [0.1, 0.15) is 19.2 Å². The normalized spacial score (nSPS) is 10.9. The maximum atomic E-state index is 8.59. The molecule has 1 aromatic heterocycles. The minimum Gasteiger partial charge on any atom is -0.439 e. The molecule has 94 valence electrons. The number of nitrogens with zero attached hydrogens (tertiary/aromatic N) is 3. The number of hydrogen-bond acceptors (Lipinski definition) is 5. The second kappa shape index (κ2) is 5.52. The summed E-state index contributed by atoms with van der Waals surface area (Å²) in [6, 6.07) is 7.58. The van der Waals surface area contributed by atoms with Crippen LogP contribution in [0, 0.1) is 11.3 Å². The van der Waals surface area contributed by atoms with Gasteiger partial charge >= 0.3 is 0 Å². The molecule has 0 bridgehead atoms. The van der Waals surface area contributed by atoms with E-state index in [1.54, 1.807) is 6.07 Å². The number of nitriles is 1. The summed E-state index contributed by atoms with van der Waals surface area (Å²) < 4.78 is 5.65. The highest BCUT2D eigenvalue weighted by molar-refractivity contribution is 5.76. The Morgan fingerprint density at radius 1 is 1.50 bits per heavy atom. The van der Waals surface area contributed by atoms with Crippen LogP contribution >= 0.6 is 0 Å². The van der Waals surface area contributed by atoms with E-state index in [1.165, 1.54) is 0 Å². The summed E-state index contributed by atoms with van der Waals surface area (Å²) in [6.07, 6.45) is 0.515. The van der Waals surface area contributed by atoms with Crippen LogP contribution in [0.4, 0.5) is 5.69 Å². The van der Waals surface area contributed by atoms with Gasteiger partial charge in [0, 0.05) is 24.7 Å². The molecule has 0 atom stereocenters. The van der Waals surface area contributed by atoms with Crippen LogP contribution in [0.15, 0.2) is 22.6 Å². The van der Waals surface area contributed by atoms with E-state index in [0.717, 1.165) is 18.6 Å². The predicted molar refractivity (Wildman–Crippen MR) is 69.6 cm³/mol. The molecule has 18 heavy (non-hydrogen) atoms. The van der Waals surface area contributed by atoms with Gasteiger partial charge in [-0.15, -0.1) is 0 Å². The summed E-state index contributed by atoms with van der Waals surface area (Å²) in [7, 11) is 0. The Balaban J connectivity index is 2.13. The molecule has 0 spiro atoms. The number of hydrogen-bond donors (Lipinski definition) is 1. The Bertz CT molecular complexity index is 570. The first-order chi connectivity index (χ1) is 8.72. The van der Waals surface area contributed by atoms with Gasteiger partial charge in [-0.1, -0.05) is 6.92 Å². The van der Waals surface area contributed by atoms with Crippen LogP contribution in [0.2, 0.25) is 0 Å². The van der Waals surface area contributed by atoms with Gasteiger partial charge in [0.25, 0.3) is 0 Å². The molecular formula is C13H16N4O. The third-order valence-electron chi connectivity index (χ3n) is 2.80. The summed E-state index contributed by atoms with van der Waals surface area (Å²) in [4.78, 5) is 6.53. The molecule has 0 radical (unpaired) electrons. The Hall–Kier alpha value is -2.06. The van der Waals surface area contributed by atoms with Crippen molar-refractivity contribution in [2.75, 3.05) is 18.8 Å². The van der Waals surface area contributed by atoms with Crippen LogP contribution in [0.3, 0.4) is 0 Å². The number of oxazole rings is 1. The van der Waals surface area contributed by atoms with Gasteiger partial charge in [0.2, 0.25) is 5.89 Å². The fraction of sp³-hybridized carbons (Fsp3) is 0.385. The van der Waals surface area contributed by atoms with Crippen molar-refractivity contribution in [2.45, 2.75) is 19.9 Å². The average Bonchev–Trinajstić information content (AvgIpc) is 2.75. The fourth-order valence-corrected chi connectivity index (χ4v) is 1.80.